The molecule has 0 atom stereocenters. The van der Waals surface area contributed by atoms with Gasteiger partial charge in [-0.15, -0.1) is 0 Å². The Balaban J connectivity index is 1.80. The van der Waals surface area contributed by atoms with Gasteiger partial charge in [0.15, 0.2) is 0 Å². The summed E-state index contributed by atoms with van der Waals surface area (Å²) in [5.41, 5.74) is 0.953. The first-order chi connectivity index (χ1) is 13.2. The van der Waals surface area contributed by atoms with Crippen molar-refractivity contribution in [1.82, 2.24) is 5.32 Å². The van der Waals surface area contributed by atoms with Crippen LogP contribution in [0.2, 0.25) is 0 Å². The van der Waals surface area contributed by atoms with Gasteiger partial charge in [0.05, 0.1) is 12.2 Å². The lowest BCUT2D eigenvalue weighted by Gasteiger charge is -2.30. The summed E-state index contributed by atoms with van der Waals surface area (Å²) in [4.78, 5) is 23.8. The average molecular weight is 455 g/mol. The number of ether oxygens (including phenoxy) is 2. The molecule has 1 aliphatic rings. The third-order valence-corrected chi connectivity index (χ3v) is 5.32. The van der Waals surface area contributed by atoms with Crippen molar-refractivity contribution >= 4 is 33.7 Å². The molecule has 1 aromatic rings. The van der Waals surface area contributed by atoms with Crippen molar-refractivity contribution in [1.29, 1.82) is 0 Å². The number of esters is 1. The van der Waals surface area contributed by atoms with Crippen LogP contribution in [0.15, 0.2) is 22.7 Å². The number of amides is 1. The predicted octanol–water partition coefficient (Wildman–Crippen LogP) is 5.12. The lowest BCUT2D eigenvalue weighted by molar-refractivity contribution is 0.0485. The van der Waals surface area contributed by atoms with Gasteiger partial charge >= 0.3 is 12.1 Å². The van der Waals surface area contributed by atoms with E-state index >= 15 is 0 Å². The van der Waals surface area contributed by atoms with Gasteiger partial charge in [0.1, 0.15) is 5.60 Å². The smallest absolute Gasteiger partial charge is 0.407 e. The minimum atomic E-state index is -0.476. The molecular weight excluding hydrogens is 424 g/mol. The Morgan fingerprint density at radius 2 is 1.86 bits per heavy atom. The van der Waals surface area contributed by atoms with Gasteiger partial charge in [0.2, 0.25) is 0 Å². The number of carbonyl (C=O) groups excluding carboxylic acids is 2. The van der Waals surface area contributed by atoms with Crippen LogP contribution < -0.4 is 10.6 Å². The number of anilines is 1. The van der Waals surface area contributed by atoms with E-state index in [1.165, 1.54) is 0 Å². The summed E-state index contributed by atoms with van der Waals surface area (Å²) < 4.78 is 11.3. The second kappa shape index (κ2) is 10.1. The third kappa shape index (κ3) is 7.34. The summed E-state index contributed by atoms with van der Waals surface area (Å²) in [7, 11) is 0. The zero-order valence-electron chi connectivity index (χ0n) is 17.1. The van der Waals surface area contributed by atoms with Crippen molar-refractivity contribution in [3.63, 3.8) is 0 Å². The number of carbonyl (C=O) groups is 2. The Labute approximate surface area is 175 Å². The molecule has 0 aliphatic heterocycles. The molecule has 1 fully saturated rings. The molecule has 0 spiro atoms. The van der Waals surface area contributed by atoms with Crippen LogP contribution in [0.5, 0.6) is 0 Å². The summed E-state index contributed by atoms with van der Waals surface area (Å²) >= 11 is 3.53. The summed E-state index contributed by atoms with van der Waals surface area (Å²) in [6.07, 6.45) is 3.60. The molecule has 0 aromatic heterocycles. The monoisotopic (exact) mass is 454 g/mol. The van der Waals surface area contributed by atoms with Gasteiger partial charge in [-0.2, -0.15) is 0 Å². The molecule has 0 bridgehead atoms. The fourth-order valence-corrected chi connectivity index (χ4v) is 3.63. The van der Waals surface area contributed by atoms with Gasteiger partial charge < -0.3 is 20.1 Å². The van der Waals surface area contributed by atoms with E-state index in [0.717, 1.165) is 42.4 Å². The second-order valence-electron chi connectivity index (χ2n) is 8.16. The van der Waals surface area contributed by atoms with Crippen LogP contribution in [0.1, 0.15) is 63.7 Å². The maximum atomic E-state index is 11.9. The van der Waals surface area contributed by atoms with Crippen LogP contribution >= 0.6 is 15.9 Å². The molecule has 1 saturated carbocycles. The average Bonchev–Trinajstić information content (AvgIpc) is 2.61. The fourth-order valence-electron chi connectivity index (χ4n) is 3.24. The van der Waals surface area contributed by atoms with E-state index in [9.17, 15) is 9.59 Å². The molecule has 2 rings (SSSR count). The van der Waals surface area contributed by atoms with Crippen molar-refractivity contribution in [2.45, 2.75) is 65.0 Å². The molecule has 0 unspecified atom stereocenters. The minimum absolute atomic E-state index is 0.171. The van der Waals surface area contributed by atoms with E-state index in [0.29, 0.717) is 18.1 Å². The van der Waals surface area contributed by atoms with Crippen LogP contribution in [0.3, 0.4) is 0 Å². The number of halogens is 1. The summed E-state index contributed by atoms with van der Waals surface area (Å²) in [6.45, 7) is 8.57. The second-order valence-corrected chi connectivity index (χ2v) is 9.01. The highest BCUT2D eigenvalue weighted by atomic mass is 79.9. The lowest BCUT2D eigenvalue weighted by Crippen LogP contribution is -2.41. The first kappa shape index (κ1) is 22.5. The Bertz CT molecular complexity index is 679. The highest BCUT2D eigenvalue weighted by Gasteiger charge is 2.24. The van der Waals surface area contributed by atoms with E-state index in [1.54, 1.807) is 13.0 Å². The number of nitrogens with one attached hydrogen (secondary N) is 2. The Morgan fingerprint density at radius 3 is 2.46 bits per heavy atom. The van der Waals surface area contributed by atoms with Crippen molar-refractivity contribution in [2.24, 2.45) is 5.92 Å². The fraction of sp³-hybridized carbons (Fsp3) is 0.619. The molecular formula is C21H31BrN2O4. The zero-order chi connectivity index (χ0) is 20.7. The number of hydrogen-bond donors (Lipinski definition) is 2. The minimum Gasteiger partial charge on any atom is -0.462 e. The Hall–Kier alpha value is -1.76. The third-order valence-electron chi connectivity index (χ3n) is 4.63. The van der Waals surface area contributed by atoms with Crippen LogP contribution in [-0.4, -0.2) is 36.9 Å². The van der Waals surface area contributed by atoms with E-state index in [2.05, 4.69) is 26.6 Å². The SMILES string of the molecule is CCOC(=O)c1ccc(Br)c(NCC2CCC(NC(=O)OC(C)(C)C)CC2)c1. The van der Waals surface area contributed by atoms with Gasteiger partial charge in [-0.05, 0) is 93.4 Å². The standard InChI is InChI=1S/C21H31BrN2O4/c1-5-27-19(25)15-8-11-17(22)18(12-15)23-13-14-6-9-16(10-7-14)24-20(26)28-21(2,3)4/h8,11-12,14,16,23H,5-7,9-10,13H2,1-4H3,(H,24,26). The predicted molar refractivity (Wildman–Crippen MR) is 114 cm³/mol. The van der Waals surface area contributed by atoms with Crippen molar-refractivity contribution in [3.05, 3.63) is 28.2 Å². The topological polar surface area (TPSA) is 76.7 Å². The summed E-state index contributed by atoms with van der Waals surface area (Å²) in [5, 5.41) is 6.41. The Kier molecular flexibility index (Phi) is 8.16. The number of benzene rings is 1. The molecule has 7 heteroatoms. The number of rotatable bonds is 6. The normalized spacial score (nSPS) is 19.6. The van der Waals surface area contributed by atoms with E-state index < -0.39 is 5.60 Å². The molecule has 0 heterocycles. The van der Waals surface area contributed by atoms with Gasteiger partial charge in [-0.25, -0.2) is 9.59 Å². The van der Waals surface area contributed by atoms with Crippen molar-refractivity contribution < 1.29 is 19.1 Å². The molecule has 6 nitrogen and oxygen atoms in total. The zero-order valence-corrected chi connectivity index (χ0v) is 18.7. The molecule has 0 radical (unpaired) electrons. The largest absolute Gasteiger partial charge is 0.462 e. The first-order valence-electron chi connectivity index (χ1n) is 9.88. The van der Waals surface area contributed by atoms with Crippen LogP contribution in [0, 0.1) is 5.92 Å². The van der Waals surface area contributed by atoms with Crippen molar-refractivity contribution in [3.8, 4) is 0 Å². The summed E-state index contributed by atoms with van der Waals surface area (Å²) in [5.74, 6) is 0.210. The van der Waals surface area contributed by atoms with E-state index in [4.69, 9.17) is 9.47 Å². The highest BCUT2D eigenvalue weighted by Crippen LogP contribution is 2.28. The molecule has 1 amide bonds. The molecule has 156 valence electrons. The number of alkyl carbamates (subject to hydrolysis) is 1. The van der Waals surface area contributed by atoms with Gasteiger partial charge in [-0.3, -0.25) is 0 Å². The lowest BCUT2D eigenvalue weighted by atomic mass is 9.86. The van der Waals surface area contributed by atoms with E-state index in [1.807, 2.05) is 32.9 Å². The van der Waals surface area contributed by atoms with Crippen LogP contribution in [-0.2, 0) is 9.47 Å². The Morgan fingerprint density at radius 1 is 1.18 bits per heavy atom. The van der Waals surface area contributed by atoms with Gasteiger partial charge in [-0.1, -0.05) is 0 Å². The van der Waals surface area contributed by atoms with E-state index in [-0.39, 0.29) is 18.1 Å². The maximum Gasteiger partial charge on any atom is 0.407 e. The van der Waals surface area contributed by atoms with Crippen LogP contribution in [0.25, 0.3) is 0 Å². The van der Waals surface area contributed by atoms with Gasteiger partial charge in [0.25, 0.3) is 0 Å². The summed E-state index contributed by atoms with van der Waals surface area (Å²) in [6, 6.07) is 5.60. The molecule has 0 saturated heterocycles. The first-order valence-corrected chi connectivity index (χ1v) is 10.7. The van der Waals surface area contributed by atoms with Crippen molar-refractivity contribution in [2.75, 3.05) is 18.5 Å². The molecule has 2 N–H and O–H groups in total. The molecule has 28 heavy (non-hydrogen) atoms. The molecule has 1 aliphatic carbocycles. The van der Waals surface area contributed by atoms with Gasteiger partial charge in [0, 0.05) is 22.7 Å². The maximum absolute atomic E-state index is 11.9. The molecule has 1 aromatic carbocycles. The number of hydrogen-bond acceptors (Lipinski definition) is 5. The highest BCUT2D eigenvalue weighted by molar-refractivity contribution is 9.10. The van der Waals surface area contributed by atoms with Crippen LogP contribution in [0.4, 0.5) is 10.5 Å². The quantitative estimate of drug-likeness (QED) is 0.583.